The second-order valence-electron chi connectivity index (χ2n) is 7.36. The molecule has 1 fully saturated rings. The van der Waals surface area contributed by atoms with Crippen LogP contribution in [0.5, 0.6) is 5.75 Å². The van der Waals surface area contributed by atoms with Gasteiger partial charge in [0.15, 0.2) is 5.82 Å². The van der Waals surface area contributed by atoms with Crippen LogP contribution >= 0.6 is 11.8 Å². The van der Waals surface area contributed by atoms with Crippen LogP contribution < -0.4 is 15.4 Å². The first-order chi connectivity index (χ1) is 14.4. The van der Waals surface area contributed by atoms with Crippen molar-refractivity contribution in [3.63, 3.8) is 0 Å². The Morgan fingerprint density at radius 1 is 1.43 bits per heavy atom. The van der Waals surface area contributed by atoms with E-state index in [-0.39, 0.29) is 23.4 Å². The number of halogens is 2. The third kappa shape index (κ3) is 3.76. The molecular formula is C20H22F2N4O3S. The molecular weight excluding hydrogens is 414 g/mol. The zero-order valence-corrected chi connectivity index (χ0v) is 17.2. The molecule has 30 heavy (non-hydrogen) atoms. The molecule has 3 heterocycles. The third-order valence-electron chi connectivity index (χ3n) is 5.46. The molecule has 2 N–H and O–H groups in total. The van der Waals surface area contributed by atoms with Crippen molar-refractivity contribution in [3.8, 4) is 17.1 Å². The van der Waals surface area contributed by atoms with Crippen molar-refractivity contribution in [2.75, 3.05) is 17.3 Å². The number of anilines is 1. The van der Waals surface area contributed by atoms with Gasteiger partial charge in [0.1, 0.15) is 24.2 Å². The largest absolute Gasteiger partial charge is 0.491 e. The van der Waals surface area contributed by atoms with Crippen molar-refractivity contribution in [3.05, 3.63) is 30.0 Å². The Morgan fingerprint density at radius 3 is 2.93 bits per heavy atom. The van der Waals surface area contributed by atoms with E-state index in [0.29, 0.717) is 43.1 Å². The van der Waals surface area contributed by atoms with Gasteiger partial charge in [-0.15, -0.1) is 0 Å². The van der Waals surface area contributed by atoms with Gasteiger partial charge in [-0.25, -0.2) is 13.8 Å². The van der Waals surface area contributed by atoms with Crippen LogP contribution in [0.25, 0.3) is 11.4 Å². The van der Waals surface area contributed by atoms with Gasteiger partial charge in [0.2, 0.25) is 5.91 Å². The second kappa shape index (κ2) is 8.25. The molecule has 0 spiro atoms. The number of rotatable bonds is 6. The van der Waals surface area contributed by atoms with Gasteiger partial charge in [-0.2, -0.15) is 0 Å². The highest BCUT2D eigenvalue weighted by molar-refractivity contribution is 8.14. The molecule has 1 aromatic carbocycles. The SMILES string of the molecule is CC[C@H](Cc1ccc2c(c1)OCCn1cc(N3C(=O)SC[C@H]3C(F)F)nc1-2)C(N)=O. The standard InChI is InChI=1S/C20H22F2N4O3S/c1-2-12(18(23)27)7-11-3-4-13-15(8-11)29-6-5-25-9-16(24-19(13)25)26-14(17(21)22)10-30-20(26)28/h3-4,8-9,12,14,17H,2,5-7,10H2,1H3,(H2,23,27)/t12-,14+/m1/s1. The number of primary amides is 1. The van der Waals surface area contributed by atoms with Crippen LogP contribution in [0.2, 0.25) is 0 Å². The molecule has 1 aromatic heterocycles. The Kier molecular flexibility index (Phi) is 5.68. The topological polar surface area (TPSA) is 90.4 Å². The maximum atomic E-state index is 13.4. The quantitative estimate of drug-likeness (QED) is 0.750. The van der Waals surface area contributed by atoms with Crippen LogP contribution in [0.3, 0.4) is 0 Å². The number of thioether (sulfide) groups is 1. The van der Waals surface area contributed by atoms with Crippen LogP contribution in [-0.4, -0.2) is 45.5 Å². The van der Waals surface area contributed by atoms with E-state index in [1.807, 2.05) is 29.7 Å². The minimum atomic E-state index is -2.64. The predicted octanol–water partition coefficient (Wildman–Crippen LogP) is 3.30. The second-order valence-corrected chi connectivity index (χ2v) is 8.33. The first kappa shape index (κ1) is 20.6. The molecule has 2 amide bonds. The van der Waals surface area contributed by atoms with Crippen molar-refractivity contribution in [1.29, 1.82) is 0 Å². The average Bonchev–Trinajstić information content (AvgIpc) is 3.25. The summed E-state index contributed by atoms with van der Waals surface area (Å²) < 4.78 is 34.4. The summed E-state index contributed by atoms with van der Waals surface area (Å²) in [6.07, 6.45) is 0.146. The molecule has 160 valence electrons. The Hall–Kier alpha value is -2.62. The smallest absolute Gasteiger partial charge is 0.287 e. The minimum Gasteiger partial charge on any atom is -0.491 e. The minimum absolute atomic E-state index is 0.0419. The van der Waals surface area contributed by atoms with Crippen molar-refractivity contribution < 1.29 is 23.1 Å². The summed E-state index contributed by atoms with van der Waals surface area (Å²) in [6, 6.07) is 4.41. The molecule has 7 nitrogen and oxygen atoms in total. The van der Waals surface area contributed by atoms with Gasteiger partial charge in [-0.05, 0) is 30.5 Å². The van der Waals surface area contributed by atoms with Crippen LogP contribution in [0.4, 0.5) is 19.4 Å². The van der Waals surface area contributed by atoms with E-state index in [9.17, 15) is 18.4 Å². The van der Waals surface area contributed by atoms with E-state index in [1.54, 1.807) is 6.20 Å². The summed E-state index contributed by atoms with van der Waals surface area (Å²) in [5.74, 6) is 0.837. The van der Waals surface area contributed by atoms with E-state index in [0.717, 1.165) is 22.2 Å². The van der Waals surface area contributed by atoms with Gasteiger partial charge in [0.25, 0.3) is 11.7 Å². The Bertz CT molecular complexity index is 981. The van der Waals surface area contributed by atoms with Crippen LogP contribution in [0, 0.1) is 5.92 Å². The highest BCUT2D eigenvalue weighted by Crippen LogP contribution is 2.38. The Labute approximate surface area is 176 Å². The summed E-state index contributed by atoms with van der Waals surface area (Å²) in [5.41, 5.74) is 7.09. The lowest BCUT2D eigenvalue weighted by atomic mass is 9.95. The lowest BCUT2D eigenvalue weighted by Crippen LogP contribution is -2.38. The molecule has 0 unspecified atom stereocenters. The zero-order chi connectivity index (χ0) is 21.4. The number of nitrogens with zero attached hydrogens (tertiary/aromatic N) is 3. The molecule has 2 aliphatic heterocycles. The number of carbonyl (C=O) groups is 2. The zero-order valence-electron chi connectivity index (χ0n) is 16.4. The molecule has 0 radical (unpaired) electrons. The lowest BCUT2D eigenvalue weighted by molar-refractivity contribution is -0.121. The number of fused-ring (bicyclic) bond motifs is 3. The number of imidazole rings is 1. The number of ether oxygens (including phenoxy) is 1. The van der Waals surface area contributed by atoms with Crippen molar-refractivity contribution in [2.24, 2.45) is 11.7 Å². The fourth-order valence-electron chi connectivity index (χ4n) is 3.77. The first-order valence-electron chi connectivity index (χ1n) is 9.75. The number of amides is 2. The van der Waals surface area contributed by atoms with E-state index in [4.69, 9.17) is 10.5 Å². The summed E-state index contributed by atoms with van der Waals surface area (Å²) in [4.78, 5) is 29.4. The van der Waals surface area contributed by atoms with Crippen molar-refractivity contribution >= 4 is 28.7 Å². The van der Waals surface area contributed by atoms with E-state index >= 15 is 0 Å². The summed E-state index contributed by atoms with van der Waals surface area (Å²) in [7, 11) is 0. The van der Waals surface area contributed by atoms with Gasteiger partial charge in [0, 0.05) is 17.9 Å². The number of carbonyl (C=O) groups excluding carboxylic acids is 2. The van der Waals surface area contributed by atoms with Gasteiger partial charge in [-0.1, -0.05) is 24.8 Å². The van der Waals surface area contributed by atoms with Crippen LogP contribution in [0.1, 0.15) is 18.9 Å². The Balaban J connectivity index is 1.67. The number of nitrogens with two attached hydrogens (primary N) is 1. The number of hydrogen-bond acceptors (Lipinski definition) is 5. The van der Waals surface area contributed by atoms with Crippen molar-refractivity contribution in [2.45, 2.75) is 38.8 Å². The van der Waals surface area contributed by atoms with Crippen molar-refractivity contribution in [1.82, 2.24) is 9.55 Å². The van der Waals surface area contributed by atoms with Gasteiger partial charge >= 0.3 is 0 Å². The summed E-state index contributed by atoms with van der Waals surface area (Å²) in [6.45, 7) is 2.76. The average molecular weight is 436 g/mol. The van der Waals surface area contributed by atoms with E-state index in [1.165, 1.54) is 0 Å². The molecule has 2 aliphatic rings. The number of alkyl halides is 2. The number of aromatic nitrogens is 2. The predicted molar refractivity (Wildman–Crippen MR) is 110 cm³/mol. The molecule has 2 atom stereocenters. The lowest BCUT2D eigenvalue weighted by Gasteiger charge is -2.20. The normalized spacial score (nSPS) is 19.3. The molecule has 2 aromatic rings. The van der Waals surface area contributed by atoms with E-state index < -0.39 is 17.7 Å². The maximum absolute atomic E-state index is 13.4. The molecule has 4 rings (SSSR count). The summed E-state index contributed by atoms with van der Waals surface area (Å²) in [5, 5.41) is -0.419. The van der Waals surface area contributed by atoms with Gasteiger partial charge in [-0.3, -0.25) is 14.5 Å². The third-order valence-corrected chi connectivity index (χ3v) is 6.41. The highest BCUT2D eigenvalue weighted by Gasteiger charge is 2.40. The van der Waals surface area contributed by atoms with Crippen LogP contribution in [0.15, 0.2) is 24.4 Å². The molecule has 0 saturated carbocycles. The maximum Gasteiger partial charge on any atom is 0.287 e. The molecule has 0 bridgehead atoms. The summed E-state index contributed by atoms with van der Waals surface area (Å²) >= 11 is 0.880. The first-order valence-corrected chi connectivity index (χ1v) is 10.7. The van der Waals surface area contributed by atoms with Gasteiger partial charge in [0.05, 0.1) is 12.1 Å². The number of hydrogen-bond donors (Lipinski definition) is 1. The van der Waals surface area contributed by atoms with E-state index in [2.05, 4.69) is 4.98 Å². The Morgan fingerprint density at radius 2 is 2.23 bits per heavy atom. The fourth-order valence-corrected chi connectivity index (χ4v) is 4.75. The molecule has 1 saturated heterocycles. The molecule has 10 heteroatoms. The van der Waals surface area contributed by atoms with Crippen LogP contribution in [-0.2, 0) is 17.8 Å². The fraction of sp³-hybridized carbons (Fsp3) is 0.450. The monoisotopic (exact) mass is 436 g/mol. The highest BCUT2D eigenvalue weighted by atomic mass is 32.2. The molecule has 0 aliphatic carbocycles. The number of benzene rings is 1. The van der Waals surface area contributed by atoms with Gasteiger partial charge < -0.3 is 15.0 Å².